The number of halogens is 1. The molecule has 1 aromatic heterocycles. The lowest BCUT2D eigenvalue weighted by Crippen LogP contribution is -2.29. The molecule has 0 aliphatic rings. The first-order valence-corrected chi connectivity index (χ1v) is 11.7. The Kier molecular flexibility index (Phi) is 9.21. The molecule has 10 nitrogen and oxygen atoms in total. The third kappa shape index (κ3) is 7.03. The van der Waals surface area contributed by atoms with Crippen molar-refractivity contribution in [2.45, 2.75) is 44.8 Å². The summed E-state index contributed by atoms with van der Waals surface area (Å²) in [4.78, 5) is 19.4. The number of aliphatic hydroxyl groups is 2. The first-order valence-electron chi connectivity index (χ1n) is 10.3. The Morgan fingerprint density at radius 3 is 2.38 bits per heavy atom. The average molecular weight is 497 g/mol. The standard InChI is InChI=1S/C22H28FN3O7S/c1-13(2)20-18(10-9-16(27)11-17(28)12-19(29)30)21(14-5-7-15(23)8-6-14)25-22(24-20)26(3)34(31,32)33-4/h5-10,13,16-17,27-28H,11-12H2,1-4H3,(H,29,30)/p-1/b10-9+/t16-,17-/m1/s1. The third-order valence-electron chi connectivity index (χ3n) is 4.86. The predicted octanol–water partition coefficient (Wildman–Crippen LogP) is 0.999. The molecule has 0 unspecified atom stereocenters. The van der Waals surface area contributed by atoms with E-state index in [9.17, 15) is 32.9 Å². The number of aliphatic hydroxyl groups excluding tert-OH is 2. The van der Waals surface area contributed by atoms with Crippen LogP contribution in [0.25, 0.3) is 17.3 Å². The molecule has 0 spiro atoms. The highest BCUT2D eigenvalue weighted by molar-refractivity contribution is 7.88. The fourth-order valence-electron chi connectivity index (χ4n) is 3.10. The lowest BCUT2D eigenvalue weighted by Gasteiger charge is -2.21. The molecule has 12 heteroatoms. The van der Waals surface area contributed by atoms with Crippen LogP contribution < -0.4 is 9.41 Å². The second kappa shape index (κ2) is 11.5. The maximum atomic E-state index is 13.5. The number of aliphatic carboxylic acids is 1. The molecule has 0 saturated heterocycles. The molecule has 2 N–H and O–H groups in total. The van der Waals surface area contributed by atoms with Gasteiger partial charge in [-0.15, -0.1) is 0 Å². The van der Waals surface area contributed by atoms with Crippen molar-refractivity contribution >= 4 is 28.3 Å². The highest BCUT2D eigenvalue weighted by Crippen LogP contribution is 2.32. The molecular weight excluding hydrogens is 469 g/mol. The Morgan fingerprint density at radius 2 is 1.85 bits per heavy atom. The van der Waals surface area contributed by atoms with Gasteiger partial charge in [-0.05, 0) is 30.2 Å². The third-order valence-corrected chi connectivity index (χ3v) is 6.11. The Balaban J connectivity index is 2.63. The molecule has 0 aliphatic heterocycles. The number of carboxylic acids is 1. The smallest absolute Gasteiger partial charge is 0.364 e. The maximum absolute atomic E-state index is 13.5. The minimum absolute atomic E-state index is 0.174. The van der Waals surface area contributed by atoms with Gasteiger partial charge in [0.05, 0.1) is 30.7 Å². The highest BCUT2D eigenvalue weighted by atomic mass is 32.2. The van der Waals surface area contributed by atoms with E-state index in [1.165, 1.54) is 43.5 Å². The largest absolute Gasteiger partial charge is 0.550 e. The van der Waals surface area contributed by atoms with Crippen LogP contribution in [0, 0.1) is 5.82 Å². The molecule has 2 aromatic rings. The minimum atomic E-state index is -4.15. The van der Waals surface area contributed by atoms with Crippen LogP contribution in [0.2, 0.25) is 0 Å². The van der Waals surface area contributed by atoms with Gasteiger partial charge in [0.2, 0.25) is 5.95 Å². The second-order valence-electron chi connectivity index (χ2n) is 7.82. The summed E-state index contributed by atoms with van der Waals surface area (Å²) in [6.45, 7) is 3.64. The summed E-state index contributed by atoms with van der Waals surface area (Å²) in [5, 5.41) is 30.6. The van der Waals surface area contributed by atoms with E-state index in [4.69, 9.17) is 0 Å². The molecule has 0 amide bonds. The van der Waals surface area contributed by atoms with Crippen molar-refractivity contribution in [3.8, 4) is 11.3 Å². The van der Waals surface area contributed by atoms with E-state index in [1.54, 1.807) is 0 Å². The van der Waals surface area contributed by atoms with Gasteiger partial charge in [-0.2, -0.15) is 8.42 Å². The van der Waals surface area contributed by atoms with Crippen molar-refractivity contribution in [1.82, 2.24) is 9.97 Å². The van der Waals surface area contributed by atoms with Crippen LogP contribution in [0.1, 0.15) is 43.9 Å². The van der Waals surface area contributed by atoms with Crippen molar-refractivity contribution in [3.05, 3.63) is 47.4 Å². The fraction of sp³-hybridized carbons (Fsp3) is 0.409. The van der Waals surface area contributed by atoms with Crippen LogP contribution in [-0.4, -0.2) is 60.9 Å². The molecule has 2 atom stereocenters. The van der Waals surface area contributed by atoms with Gasteiger partial charge in [-0.3, -0.25) is 4.18 Å². The Morgan fingerprint density at radius 1 is 1.24 bits per heavy atom. The predicted molar refractivity (Wildman–Crippen MR) is 121 cm³/mol. The van der Waals surface area contributed by atoms with Crippen LogP contribution in [0.5, 0.6) is 0 Å². The van der Waals surface area contributed by atoms with Crippen LogP contribution in [0.3, 0.4) is 0 Å². The number of carboxylic acid groups (broad SMARTS) is 1. The zero-order chi connectivity index (χ0) is 25.6. The second-order valence-corrected chi connectivity index (χ2v) is 9.55. The Bertz CT molecular complexity index is 1140. The number of carbonyl (C=O) groups is 1. The van der Waals surface area contributed by atoms with Crippen molar-refractivity contribution in [2.75, 3.05) is 18.5 Å². The molecule has 34 heavy (non-hydrogen) atoms. The lowest BCUT2D eigenvalue weighted by atomic mass is 9.97. The first-order chi connectivity index (χ1) is 15.9. The van der Waals surface area contributed by atoms with Gasteiger partial charge in [-0.25, -0.2) is 18.7 Å². The summed E-state index contributed by atoms with van der Waals surface area (Å²) in [6.07, 6.45) is -0.545. The van der Waals surface area contributed by atoms with Gasteiger partial charge < -0.3 is 20.1 Å². The van der Waals surface area contributed by atoms with E-state index in [0.29, 0.717) is 16.8 Å². The number of carbonyl (C=O) groups excluding carboxylic acids is 1. The number of aromatic nitrogens is 2. The molecular formula is C22H27FN3O7S-. The molecule has 1 heterocycles. The molecule has 1 aromatic carbocycles. The number of benzene rings is 1. The van der Waals surface area contributed by atoms with Crippen molar-refractivity contribution in [1.29, 1.82) is 0 Å². The van der Waals surface area contributed by atoms with E-state index < -0.39 is 40.7 Å². The molecule has 186 valence electrons. The van der Waals surface area contributed by atoms with Gasteiger partial charge in [-0.1, -0.05) is 26.0 Å². The number of nitrogens with zero attached hydrogens (tertiary/aromatic N) is 3. The van der Waals surface area contributed by atoms with Gasteiger partial charge in [0.25, 0.3) is 0 Å². The summed E-state index contributed by atoms with van der Waals surface area (Å²) < 4.78 is 43.3. The number of hydrogen-bond acceptors (Lipinski definition) is 9. The minimum Gasteiger partial charge on any atom is -0.550 e. The summed E-state index contributed by atoms with van der Waals surface area (Å²) in [7, 11) is -1.92. The summed E-state index contributed by atoms with van der Waals surface area (Å²) in [5.41, 5.74) is 1.59. The number of rotatable bonds is 11. The van der Waals surface area contributed by atoms with Gasteiger partial charge in [0.15, 0.2) is 0 Å². The van der Waals surface area contributed by atoms with E-state index in [0.717, 1.165) is 11.4 Å². The SMILES string of the molecule is COS(=O)(=O)N(C)c1nc(-c2ccc(F)cc2)c(/C=C/[C@@H](O)C[C@@H](O)CC(=O)[O-])c(C(C)C)n1. The maximum Gasteiger partial charge on any atom is 0.364 e. The summed E-state index contributed by atoms with van der Waals surface area (Å²) in [5.74, 6) is -2.31. The van der Waals surface area contributed by atoms with Gasteiger partial charge in [0.1, 0.15) is 5.82 Å². The normalized spacial score (nSPS) is 13.9. The Hall–Kier alpha value is -2.93. The van der Waals surface area contributed by atoms with Crippen molar-refractivity contribution < 1.29 is 37.1 Å². The zero-order valence-corrected chi connectivity index (χ0v) is 20.0. The highest BCUT2D eigenvalue weighted by Gasteiger charge is 2.25. The lowest BCUT2D eigenvalue weighted by molar-refractivity contribution is -0.307. The summed E-state index contributed by atoms with van der Waals surface area (Å²) in [6, 6.07) is 5.38. The summed E-state index contributed by atoms with van der Waals surface area (Å²) >= 11 is 0. The number of anilines is 1. The van der Waals surface area contributed by atoms with E-state index in [1.807, 2.05) is 13.8 Å². The van der Waals surface area contributed by atoms with Crippen LogP contribution in [-0.2, 0) is 19.3 Å². The monoisotopic (exact) mass is 496 g/mol. The fourth-order valence-corrected chi connectivity index (χ4v) is 3.60. The first kappa shape index (κ1) is 27.3. The van der Waals surface area contributed by atoms with E-state index in [2.05, 4.69) is 14.2 Å². The van der Waals surface area contributed by atoms with Crippen LogP contribution >= 0.6 is 0 Å². The van der Waals surface area contributed by atoms with Crippen molar-refractivity contribution in [2.24, 2.45) is 0 Å². The van der Waals surface area contributed by atoms with Crippen LogP contribution in [0.15, 0.2) is 30.3 Å². The molecule has 0 fully saturated rings. The van der Waals surface area contributed by atoms with Gasteiger partial charge in [0, 0.05) is 37.0 Å². The number of hydrogen-bond donors (Lipinski definition) is 2. The van der Waals surface area contributed by atoms with E-state index >= 15 is 0 Å². The zero-order valence-electron chi connectivity index (χ0n) is 19.2. The molecule has 2 rings (SSSR count). The molecule has 0 radical (unpaired) electrons. The van der Waals surface area contributed by atoms with Crippen molar-refractivity contribution in [3.63, 3.8) is 0 Å². The molecule has 0 bridgehead atoms. The topological polar surface area (TPSA) is 153 Å². The van der Waals surface area contributed by atoms with Gasteiger partial charge >= 0.3 is 10.3 Å². The molecule has 0 saturated carbocycles. The quantitative estimate of drug-likeness (QED) is 0.464. The average Bonchev–Trinajstić information content (AvgIpc) is 2.76. The Labute approximate surface area is 197 Å². The molecule has 0 aliphatic carbocycles. The van der Waals surface area contributed by atoms with E-state index in [-0.39, 0.29) is 24.0 Å². The van der Waals surface area contributed by atoms with Crippen LogP contribution in [0.4, 0.5) is 10.3 Å².